The van der Waals surface area contributed by atoms with Crippen LogP contribution in [0.3, 0.4) is 0 Å². The number of aliphatic hydroxyl groups is 1. The van der Waals surface area contributed by atoms with Gasteiger partial charge in [0.1, 0.15) is 5.75 Å². The molecular weight excluding hydrogens is 194 g/mol. The minimum Gasteiger partial charge on any atom is -0.481 e. The van der Waals surface area contributed by atoms with Gasteiger partial charge in [-0.15, -0.1) is 0 Å². The van der Waals surface area contributed by atoms with Gasteiger partial charge in [-0.05, 0) is 31.5 Å². The third-order valence-electron chi connectivity index (χ3n) is 2.08. The van der Waals surface area contributed by atoms with Crippen molar-refractivity contribution in [1.29, 1.82) is 0 Å². The third-order valence-corrected chi connectivity index (χ3v) is 2.08. The van der Waals surface area contributed by atoms with Gasteiger partial charge in [-0.1, -0.05) is 12.1 Å². The Labute approximate surface area is 88.7 Å². The first kappa shape index (κ1) is 11.5. The third kappa shape index (κ3) is 3.25. The number of carbonyl (C=O) groups is 1. The van der Waals surface area contributed by atoms with Crippen LogP contribution < -0.4 is 10.5 Å². The van der Waals surface area contributed by atoms with Crippen LogP contribution >= 0.6 is 0 Å². The topological polar surface area (TPSA) is 72.6 Å². The van der Waals surface area contributed by atoms with Gasteiger partial charge in [-0.2, -0.15) is 0 Å². The Morgan fingerprint density at radius 1 is 1.33 bits per heavy atom. The summed E-state index contributed by atoms with van der Waals surface area (Å²) in [5.41, 5.74) is 5.86. The van der Waals surface area contributed by atoms with Crippen molar-refractivity contribution in [3.8, 4) is 5.75 Å². The molecule has 15 heavy (non-hydrogen) atoms. The van der Waals surface area contributed by atoms with Crippen molar-refractivity contribution in [2.45, 2.75) is 26.1 Å². The highest BCUT2D eigenvalue weighted by Gasteiger charge is 2.10. The number of primary amides is 1. The van der Waals surface area contributed by atoms with E-state index in [0.717, 1.165) is 5.56 Å². The summed E-state index contributed by atoms with van der Waals surface area (Å²) in [5, 5.41) is 9.27. The van der Waals surface area contributed by atoms with E-state index in [-0.39, 0.29) is 0 Å². The molecule has 1 amide bonds. The summed E-state index contributed by atoms with van der Waals surface area (Å²) in [6, 6.07) is 6.88. The van der Waals surface area contributed by atoms with Crippen molar-refractivity contribution in [3.63, 3.8) is 0 Å². The number of hydrogen-bond donors (Lipinski definition) is 2. The molecule has 4 nitrogen and oxygen atoms in total. The van der Waals surface area contributed by atoms with Gasteiger partial charge in [0, 0.05) is 0 Å². The van der Waals surface area contributed by atoms with Gasteiger partial charge in [0.05, 0.1) is 6.10 Å². The van der Waals surface area contributed by atoms with Gasteiger partial charge in [0.2, 0.25) is 0 Å². The number of aliphatic hydroxyl groups excluding tert-OH is 1. The molecule has 0 fully saturated rings. The summed E-state index contributed by atoms with van der Waals surface area (Å²) in [5.74, 6) is 0.0558. The fourth-order valence-corrected chi connectivity index (χ4v) is 1.09. The molecule has 0 heterocycles. The normalized spacial score (nSPS) is 14.3. The van der Waals surface area contributed by atoms with Crippen molar-refractivity contribution in [1.82, 2.24) is 0 Å². The van der Waals surface area contributed by atoms with Crippen LogP contribution in [0.1, 0.15) is 25.5 Å². The van der Waals surface area contributed by atoms with E-state index in [1.165, 1.54) is 0 Å². The predicted octanol–water partition coefficient (Wildman–Crippen LogP) is 0.992. The SMILES string of the molecule is CC(Oc1ccc([C@@H](C)O)cc1)C(N)=O. The number of rotatable bonds is 4. The second-order valence-electron chi connectivity index (χ2n) is 3.41. The maximum absolute atomic E-state index is 10.7. The summed E-state index contributed by atoms with van der Waals surface area (Å²) in [4.78, 5) is 10.7. The molecule has 0 aliphatic rings. The van der Waals surface area contributed by atoms with Gasteiger partial charge in [-0.25, -0.2) is 0 Å². The lowest BCUT2D eigenvalue weighted by molar-refractivity contribution is -0.123. The molecule has 1 unspecified atom stereocenters. The summed E-state index contributed by atoms with van der Waals surface area (Å²) in [6.45, 7) is 3.27. The lowest BCUT2D eigenvalue weighted by Crippen LogP contribution is -2.30. The van der Waals surface area contributed by atoms with E-state index in [1.54, 1.807) is 38.1 Å². The van der Waals surface area contributed by atoms with Crippen LogP contribution in [0.15, 0.2) is 24.3 Å². The molecule has 1 aromatic carbocycles. The average molecular weight is 209 g/mol. The van der Waals surface area contributed by atoms with Crippen LogP contribution in [0.4, 0.5) is 0 Å². The molecule has 0 aromatic heterocycles. The number of ether oxygens (including phenoxy) is 1. The zero-order valence-corrected chi connectivity index (χ0v) is 8.81. The van der Waals surface area contributed by atoms with E-state index in [2.05, 4.69) is 0 Å². The van der Waals surface area contributed by atoms with Gasteiger partial charge in [0.15, 0.2) is 6.10 Å². The number of carbonyl (C=O) groups excluding carboxylic acids is 1. The van der Waals surface area contributed by atoms with Crippen LogP contribution in [0.25, 0.3) is 0 Å². The standard InChI is InChI=1S/C11H15NO3/c1-7(13)9-3-5-10(6-4-9)15-8(2)11(12)14/h3-8,13H,1-2H3,(H2,12,14)/t7-,8?/m1/s1. The fraction of sp³-hybridized carbons (Fsp3) is 0.364. The highest BCUT2D eigenvalue weighted by molar-refractivity contribution is 5.78. The van der Waals surface area contributed by atoms with Crippen molar-refractivity contribution in [3.05, 3.63) is 29.8 Å². The molecule has 0 bridgehead atoms. The van der Waals surface area contributed by atoms with Gasteiger partial charge < -0.3 is 15.6 Å². The minimum absolute atomic E-state index is 0.505. The zero-order valence-electron chi connectivity index (χ0n) is 8.81. The molecule has 1 aromatic rings. The van der Waals surface area contributed by atoms with E-state index in [0.29, 0.717) is 5.75 Å². The molecule has 1 rings (SSSR count). The second kappa shape index (κ2) is 4.79. The summed E-state index contributed by atoms with van der Waals surface area (Å²) in [7, 11) is 0. The number of amides is 1. The van der Waals surface area contributed by atoms with E-state index < -0.39 is 18.1 Å². The van der Waals surface area contributed by atoms with Crippen LogP contribution in [0.5, 0.6) is 5.75 Å². The highest BCUT2D eigenvalue weighted by Crippen LogP contribution is 2.18. The number of benzene rings is 1. The molecule has 0 aliphatic heterocycles. The number of hydrogen-bond acceptors (Lipinski definition) is 3. The molecule has 0 spiro atoms. The Morgan fingerprint density at radius 3 is 2.27 bits per heavy atom. The lowest BCUT2D eigenvalue weighted by atomic mass is 10.1. The quantitative estimate of drug-likeness (QED) is 0.776. The zero-order chi connectivity index (χ0) is 11.4. The summed E-state index contributed by atoms with van der Waals surface area (Å²) >= 11 is 0. The van der Waals surface area contributed by atoms with Crippen LogP contribution in [0, 0.1) is 0 Å². The van der Waals surface area contributed by atoms with E-state index in [4.69, 9.17) is 10.5 Å². The Kier molecular flexibility index (Phi) is 3.68. The van der Waals surface area contributed by atoms with Crippen LogP contribution in [-0.4, -0.2) is 17.1 Å². The Morgan fingerprint density at radius 2 is 1.87 bits per heavy atom. The van der Waals surface area contributed by atoms with Crippen LogP contribution in [0.2, 0.25) is 0 Å². The van der Waals surface area contributed by atoms with Gasteiger partial charge >= 0.3 is 0 Å². The van der Waals surface area contributed by atoms with E-state index in [9.17, 15) is 9.90 Å². The first-order chi connectivity index (χ1) is 7.00. The fourth-order valence-electron chi connectivity index (χ4n) is 1.09. The monoisotopic (exact) mass is 209 g/mol. The van der Waals surface area contributed by atoms with Crippen molar-refractivity contribution < 1.29 is 14.6 Å². The van der Waals surface area contributed by atoms with E-state index in [1.807, 2.05) is 0 Å². The summed E-state index contributed by atoms with van der Waals surface area (Å²) < 4.78 is 5.25. The molecule has 0 radical (unpaired) electrons. The Hall–Kier alpha value is -1.55. The molecule has 3 N–H and O–H groups in total. The van der Waals surface area contributed by atoms with E-state index >= 15 is 0 Å². The first-order valence-electron chi connectivity index (χ1n) is 4.74. The molecule has 2 atom stereocenters. The Bertz CT molecular complexity index is 332. The Balaban J connectivity index is 2.68. The molecular formula is C11H15NO3. The van der Waals surface area contributed by atoms with Crippen molar-refractivity contribution >= 4 is 5.91 Å². The number of nitrogens with two attached hydrogens (primary N) is 1. The molecule has 4 heteroatoms. The molecule has 0 aliphatic carbocycles. The maximum Gasteiger partial charge on any atom is 0.258 e. The minimum atomic E-state index is -0.651. The largest absolute Gasteiger partial charge is 0.481 e. The molecule has 82 valence electrons. The van der Waals surface area contributed by atoms with Gasteiger partial charge in [-0.3, -0.25) is 4.79 Å². The highest BCUT2D eigenvalue weighted by atomic mass is 16.5. The smallest absolute Gasteiger partial charge is 0.258 e. The van der Waals surface area contributed by atoms with Crippen LogP contribution in [-0.2, 0) is 4.79 Å². The average Bonchev–Trinajstić information content (AvgIpc) is 2.18. The van der Waals surface area contributed by atoms with Crippen molar-refractivity contribution in [2.75, 3.05) is 0 Å². The lowest BCUT2D eigenvalue weighted by Gasteiger charge is -2.12. The molecule has 0 saturated heterocycles. The van der Waals surface area contributed by atoms with Crippen molar-refractivity contribution in [2.24, 2.45) is 5.73 Å². The van der Waals surface area contributed by atoms with Gasteiger partial charge in [0.25, 0.3) is 5.91 Å². The maximum atomic E-state index is 10.7. The summed E-state index contributed by atoms with van der Waals surface area (Å²) in [6.07, 6.45) is -1.16. The first-order valence-corrected chi connectivity index (χ1v) is 4.74. The second-order valence-corrected chi connectivity index (χ2v) is 3.41. The predicted molar refractivity (Wildman–Crippen MR) is 56.4 cm³/mol. The molecule has 0 saturated carbocycles.